The van der Waals surface area contributed by atoms with E-state index >= 15 is 0 Å². The van der Waals surface area contributed by atoms with Crippen molar-refractivity contribution in [3.8, 4) is 0 Å². The Bertz CT molecular complexity index is 397. The third-order valence-electron chi connectivity index (χ3n) is 2.33. The lowest BCUT2D eigenvalue weighted by molar-refractivity contribution is -0.201. The standard InChI is InChI=1S/C11H11F6NO/c12-10(13,14)8-3-1-7(2-4-8)5-18-6-9(19)11(15,16)17/h1-4,9,18-19H,5-6H2. The van der Waals surface area contributed by atoms with Crippen molar-refractivity contribution in [3.05, 3.63) is 35.4 Å². The fourth-order valence-electron chi connectivity index (χ4n) is 1.28. The summed E-state index contributed by atoms with van der Waals surface area (Å²) in [6, 6.07) is 4.01. The van der Waals surface area contributed by atoms with Crippen LogP contribution in [-0.4, -0.2) is 23.9 Å². The number of benzene rings is 1. The fourth-order valence-corrected chi connectivity index (χ4v) is 1.28. The van der Waals surface area contributed by atoms with Gasteiger partial charge in [0.05, 0.1) is 5.56 Å². The number of aliphatic hydroxyl groups is 1. The van der Waals surface area contributed by atoms with Gasteiger partial charge in [0.1, 0.15) is 0 Å². The van der Waals surface area contributed by atoms with Gasteiger partial charge in [0.2, 0.25) is 0 Å². The minimum Gasteiger partial charge on any atom is -0.382 e. The van der Waals surface area contributed by atoms with Gasteiger partial charge in [-0.3, -0.25) is 0 Å². The van der Waals surface area contributed by atoms with Crippen molar-refractivity contribution in [3.63, 3.8) is 0 Å². The molecule has 8 heteroatoms. The molecule has 2 nitrogen and oxygen atoms in total. The van der Waals surface area contributed by atoms with Crippen LogP contribution in [0.2, 0.25) is 0 Å². The van der Waals surface area contributed by atoms with Crippen molar-refractivity contribution in [1.29, 1.82) is 0 Å². The van der Waals surface area contributed by atoms with Gasteiger partial charge >= 0.3 is 12.4 Å². The van der Waals surface area contributed by atoms with Crippen LogP contribution in [0.25, 0.3) is 0 Å². The van der Waals surface area contributed by atoms with E-state index in [1.807, 2.05) is 0 Å². The van der Waals surface area contributed by atoms with Crippen LogP contribution >= 0.6 is 0 Å². The maximum atomic E-state index is 12.2. The van der Waals surface area contributed by atoms with Gasteiger partial charge in [-0.15, -0.1) is 0 Å². The molecule has 0 aromatic heterocycles. The van der Waals surface area contributed by atoms with E-state index in [-0.39, 0.29) is 6.54 Å². The molecule has 0 heterocycles. The average Bonchev–Trinajstić information content (AvgIpc) is 2.27. The second kappa shape index (κ2) is 5.79. The maximum absolute atomic E-state index is 12.2. The summed E-state index contributed by atoms with van der Waals surface area (Å²) in [6.45, 7) is -0.782. The molecule has 0 saturated heterocycles. The van der Waals surface area contributed by atoms with Crippen LogP contribution in [0.5, 0.6) is 0 Å². The second-order valence-electron chi connectivity index (χ2n) is 3.88. The molecule has 1 atom stereocenters. The monoisotopic (exact) mass is 287 g/mol. The number of hydrogen-bond donors (Lipinski definition) is 2. The van der Waals surface area contributed by atoms with Crippen LogP contribution in [0.1, 0.15) is 11.1 Å². The summed E-state index contributed by atoms with van der Waals surface area (Å²) >= 11 is 0. The number of alkyl halides is 6. The first kappa shape index (κ1) is 15.8. The Morgan fingerprint density at radius 2 is 1.53 bits per heavy atom. The zero-order valence-electron chi connectivity index (χ0n) is 9.52. The third-order valence-corrected chi connectivity index (χ3v) is 2.33. The highest BCUT2D eigenvalue weighted by molar-refractivity contribution is 5.24. The first-order chi connectivity index (χ1) is 8.60. The number of hydrogen-bond acceptors (Lipinski definition) is 2. The molecule has 0 aliphatic heterocycles. The minimum absolute atomic E-state index is 0.0642. The summed E-state index contributed by atoms with van der Waals surface area (Å²) in [7, 11) is 0. The topological polar surface area (TPSA) is 32.3 Å². The Balaban J connectivity index is 2.47. The Morgan fingerprint density at radius 3 is 1.95 bits per heavy atom. The average molecular weight is 287 g/mol. The lowest BCUT2D eigenvalue weighted by atomic mass is 10.1. The molecule has 0 bridgehead atoms. The van der Waals surface area contributed by atoms with Crippen molar-refractivity contribution in [2.45, 2.75) is 25.0 Å². The van der Waals surface area contributed by atoms with E-state index in [4.69, 9.17) is 5.11 Å². The third kappa shape index (κ3) is 5.07. The first-order valence-corrected chi connectivity index (χ1v) is 5.22. The van der Waals surface area contributed by atoms with Gasteiger partial charge in [0.15, 0.2) is 6.10 Å². The highest BCUT2D eigenvalue weighted by Crippen LogP contribution is 2.29. The van der Waals surface area contributed by atoms with Crippen molar-refractivity contribution in [1.82, 2.24) is 5.32 Å². The van der Waals surface area contributed by atoms with Crippen LogP contribution in [-0.2, 0) is 12.7 Å². The molecular formula is C11H11F6NO. The summed E-state index contributed by atoms with van der Waals surface area (Å²) in [5, 5.41) is 11.0. The highest BCUT2D eigenvalue weighted by atomic mass is 19.4. The van der Waals surface area contributed by atoms with E-state index in [0.29, 0.717) is 5.56 Å². The summed E-state index contributed by atoms with van der Waals surface area (Å²) in [5.41, 5.74) is -0.436. The SMILES string of the molecule is OC(CNCc1ccc(C(F)(F)F)cc1)C(F)(F)F. The Hall–Kier alpha value is -1.28. The van der Waals surface area contributed by atoms with Crippen LogP contribution in [0.3, 0.4) is 0 Å². The van der Waals surface area contributed by atoms with Crippen LogP contribution in [0, 0.1) is 0 Å². The first-order valence-electron chi connectivity index (χ1n) is 5.22. The summed E-state index contributed by atoms with van der Waals surface area (Å²) in [4.78, 5) is 0. The van der Waals surface area contributed by atoms with Gasteiger partial charge in [-0.25, -0.2) is 0 Å². The summed E-state index contributed by atoms with van der Waals surface area (Å²) in [5.74, 6) is 0. The number of aliphatic hydroxyl groups excluding tert-OH is 1. The van der Waals surface area contributed by atoms with Crippen molar-refractivity contribution in [2.75, 3.05) is 6.54 Å². The van der Waals surface area contributed by atoms with E-state index < -0.39 is 30.6 Å². The van der Waals surface area contributed by atoms with Crippen LogP contribution < -0.4 is 5.32 Å². The molecule has 0 aliphatic carbocycles. The van der Waals surface area contributed by atoms with Crippen molar-refractivity contribution < 1.29 is 31.4 Å². The quantitative estimate of drug-likeness (QED) is 0.835. The number of halogens is 6. The number of rotatable bonds is 4. The van der Waals surface area contributed by atoms with Gasteiger partial charge in [-0.05, 0) is 17.7 Å². The Kier molecular flexibility index (Phi) is 4.81. The van der Waals surface area contributed by atoms with E-state index in [2.05, 4.69) is 5.32 Å². The van der Waals surface area contributed by atoms with Crippen molar-refractivity contribution in [2.24, 2.45) is 0 Å². The molecule has 0 aliphatic rings. The van der Waals surface area contributed by atoms with E-state index in [1.165, 1.54) is 0 Å². The van der Waals surface area contributed by atoms with Gasteiger partial charge in [-0.1, -0.05) is 12.1 Å². The smallest absolute Gasteiger partial charge is 0.382 e. The van der Waals surface area contributed by atoms with E-state index in [9.17, 15) is 26.3 Å². The second-order valence-corrected chi connectivity index (χ2v) is 3.88. The van der Waals surface area contributed by atoms with E-state index in [0.717, 1.165) is 24.3 Å². The maximum Gasteiger partial charge on any atom is 0.416 e. The molecular weight excluding hydrogens is 276 g/mol. The molecule has 1 aromatic rings. The molecule has 0 amide bonds. The largest absolute Gasteiger partial charge is 0.416 e. The molecule has 1 rings (SSSR count). The molecule has 0 saturated carbocycles. The van der Waals surface area contributed by atoms with Crippen molar-refractivity contribution >= 4 is 0 Å². The lowest BCUT2D eigenvalue weighted by Gasteiger charge is -2.15. The molecule has 0 spiro atoms. The molecule has 1 unspecified atom stereocenters. The van der Waals surface area contributed by atoms with Crippen LogP contribution in [0.15, 0.2) is 24.3 Å². The predicted octanol–water partition coefficient (Wildman–Crippen LogP) is 2.72. The zero-order chi connectivity index (χ0) is 14.7. The molecule has 0 fully saturated rings. The Labute approximate surface area is 105 Å². The van der Waals surface area contributed by atoms with Gasteiger partial charge in [0.25, 0.3) is 0 Å². The van der Waals surface area contributed by atoms with Gasteiger partial charge in [-0.2, -0.15) is 26.3 Å². The summed E-state index contributed by atoms with van der Waals surface area (Å²) < 4.78 is 72.5. The molecule has 1 aromatic carbocycles. The molecule has 2 N–H and O–H groups in total. The highest BCUT2D eigenvalue weighted by Gasteiger charge is 2.37. The predicted molar refractivity (Wildman–Crippen MR) is 55.2 cm³/mol. The number of nitrogens with one attached hydrogen (secondary N) is 1. The molecule has 0 radical (unpaired) electrons. The minimum atomic E-state index is -4.72. The molecule has 19 heavy (non-hydrogen) atoms. The normalized spacial score (nSPS) is 14.5. The van der Waals surface area contributed by atoms with Gasteiger partial charge < -0.3 is 10.4 Å². The lowest BCUT2D eigenvalue weighted by Crippen LogP contribution is -2.38. The van der Waals surface area contributed by atoms with Gasteiger partial charge in [0, 0.05) is 13.1 Å². The molecule has 108 valence electrons. The fraction of sp³-hybridized carbons (Fsp3) is 0.455. The zero-order valence-corrected chi connectivity index (χ0v) is 9.52. The Morgan fingerprint density at radius 1 is 1.00 bits per heavy atom. The van der Waals surface area contributed by atoms with E-state index in [1.54, 1.807) is 0 Å². The van der Waals surface area contributed by atoms with Crippen LogP contribution in [0.4, 0.5) is 26.3 Å². The summed E-state index contributed by atoms with van der Waals surface area (Å²) in [6.07, 6.45) is -11.7.